The molecule has 3 aromatic rings. The third kappa shape index (κ3) is 3.49. The molecule has 6 heteroatoms. The number of H-pyrrole nitrogens is 1. The summed E-state index contributed by atoms with van der Waals surface area (Å²) in [4.78, 5) is 4.22. The van der Waals surface area contributed by atoms with Crippen molar-refractivity contribution in [2.75, 3.05) is 0 Å². The van der Waals surface area contributed by atoms with Gasteiger partial charge in [-0.15, -0.1) is 0 Å². The van der Waals surface area contributed by atoms with Crippen LogP contribution < -0.4 is 0 Å². The molecular weight excluding hydrogens is 318 g/mol. The lowest BCUT2D eigenvalue weighted by Crippen LogP contribution is -2.10. The van der Waals surface area contributed by atoms with Crippen LogP contribution in [-0.4, -0.2) is 26.1 Å². The van der Waals surface area contributed by atoms with E-state index in [2.05, 4.69) is 53.2 Å². The molecule has 3 rings (SSSR count). The van der Waals surface area contributed by atoms with Gasteiger partial charge in [0.15, 0.2) is 5.82 Å². The minimum atomic E-state index is 0.111. The number of aromatic amines is 1. The molecule has 0 atom stereocenters. The van der Waals surface area contributed by atoms with Gasteiger partial charge in [-0.1, -0.05) is 51.1 Å². The molecule has 122 valence electrons. The van der Waals surface area contributed by atoms with Crippen molar-refractivity contribution in [1.29, 1.82) is 0 Å². The Balaban J connectivity index is 1.96. The Labute approximate surface area is 146 Å². The topological polar surface area (TPSA) is 58.9 Å². The van der Waals surface area contributed by atoms with Crippen LogP contribution in [0.4, 0.5) is 0 Å². The Morgan fingerprint density at radius 2 is 1.88 bits per heavy atom. The number of hydrogen-bond acceptors (Lipinski definition) is 4. The summed E-state index contributed by atoms with van der Waals surface area (Å²) >= 11 is 5.28. The van der Waals surface area contributed by atoms with Gasteiger partial charge in [0.1, 0.15) is 0 Å². The predicted octanol–water partition coefficient (Wildman–Crippen LogP) is 4.18. The first-order chi connectivity index (χ1) is 11.4. The number of nitrogens with one attached hydrogen (secondary N) is 1. The van der Waals surface area contributed by atoms with Gasteiger partial charge in [0.05, 0.1) is 11.9 Å². The average Bonchev–Trinajstić information content (AvgIpc) is 2.94. The van der Waals surface area contributed by atoms with Gasteiger partial charge < -0.3 is 0 Å². The molecule has 0 saturated heterocycles. The van der Waals surface area contributed by atoms with Crippen molar-refractivity contribution < 1.29 is 0 Å². The van der Waals surface area contributed by atoms with E-state index in [1.807, 2.05) is 30.3 Å². The highest BCUT2D eigenvalue weighted by Crippen LogP contribution is 2.25. The Hall–Kier alpha value is -2.60. The Kier molecular flexibility index (Phi) is 4.40. The Morgan fingerprint density at radius 1 is 1.12 bits per heavy atom. The lowest BCUT2D eigenvalue weighted by atomic mass is 9.87. The first-order valence-electron chi connectivity index (χ1n) is 7.69. The molecule has 0 aliphatic heterocycles. The number of nitrogens with zero attached hydrogens (tertiary/aromatic N) is 4. The highest BCUT2D eigenvalue weighted by Gasteiger charge is 2.14. The lowest BCUT2D eigenvalue weighted by molar-refractivity contribution is 0.590. The summed E-state index contributed by atoms with van der Waals surface area (Å²) in [7, 11) is 0. The number of benzene rings is 1. The summed E-state index contributed by atoms with van der Waals surface area (Å²) in [6.07, 6.45) is 3.39. The van der Waals surface area contributed by atoms with Gasteiger partial charge >= 0.3 is 0 Å². The fourth-order valence-corrected chi connectivity index (χ4v) is 2.45. The van der Waals surface area contributed by atoms with Crippen LogP contribution in [0.25, 0.3) is 11.4 Å². The lowest BCUT2D eigenvalue weighted by Gasteiger charge is -2.18. The van der Waals surface area contributed by atoms with E-state index in [4.69, 9.17) is 12.2 Å². The molecule has 0 saturated carbocycles. The van der Waals surface area contributed by atoms with Crippen LogP contribution in [0.3, 0.4) is 0 Å². The monoisotopic (exact) mass is 337 g/mol. The van der Waals surface area contributed by atoms with Crippen molar-refractivity contribution >= 4 is 18.4 Å². The molecule has 0 unspecified atom stereocenters. The molecule has 0 aliphatic carbocycles. The van der Waals surface area contributed by atoms with Gasteiger partial charge in [-0.25, -0.2) is 5.10 Å². The van der Waals surface area contributed by atoms with Crippen LogP contribution in [0.5, 0.6) is 0 Å². The average molecular weight is 337 g/mol. The van der Waals surface area contributed by atoms with Crippen molar-refractivity contribution in [2.24, 2.45) is 5.10 Å². The Bertz CT molecular complexity index is 899. The summed E-state index contributed by atoms with van der Waals surface area (Å²) in [6, 6.07) is 14.0. The number of aromatic nitrogens is 4. The van der Waals surface area contributed by atoms with Crippen molar-refractivity contribution in [3.05, 3.63) is 64.7 Å². The van der Waals surface area contributed by atoms with E-state index < -0.39 is 0 Å². The second-order valence-electron chi connectivity index (χ2n) is 6.49. The fraction of sp³-hybridized carbons (Fsp3) is 0.222. The molecule has 0 amide bonds. The zero-order valence-corrected chi connectivity index (χ0v) is 14.7. The molecule has 1 aromatic carbocycles. The van der Waals surface area contributed by atoms with Crippen LogP contribution in [0.2, 0.25) is 0 Å². The maximum Gasteiger partial charge on any atom is 0.216 e. The van der Waals surface area contributed by atoms with E-state index >= 15 is 0 Å². The molecule has 0 aliphatic rings. The molecule has 1 N–H and O–H groups in total. The van der Waals surface area contributed by atoms with Crippen LogP contribution in [0, 0.1) is 4.77 Å². The van der Waals surface area contributed by atoms with E-state index in [1.54, 1.807) is 17.1 Å². The molecular formula is C18H19N5S. The van der Waals surface area contributed by atoms with Gasteiger partial charge in [0.2, 0.25) is 4.77 Å². The van der Waals surface area contributed by atoms with Crippen molar-refractivity contribution in [1.82, 2.24) is 19.9 Å². The highest BCUT2D eigenvalue weighted by atomic mass is 32.1. The highest BCUT2D eigenvalue weighted by molar-refractivity contribution is 7.71. The van der Waals surface area contributed by atoms with E-state index in [-0.39, 0.29) is 5.41 Å². The molecule has 2 aromatic heterocycles. The summed E-state index contributed by atoms with van der Waals surface area (Å²) in [6.45, 7) is 6.57. The van der Waals surface area contributed by atoms with Crippen LogP contribution in [0.15, 0.2) is 53.8 Å². The van der Waals surface area contributed by atoms with Crippen molar-refractivity contribution in [2.45, 2.75) is 26.2 Å². The van der Waals surface area contributed by atoms with E-state index in [0.717, 1.165) is 11.3 Å². The fourth-order valence-electron chi connectivity index (χ4n) is 2.27. The van der Waals surface area contributed by atoms with Crippen molar-refractivity contribution in [3.63, 3.8) is 0 Å². The zero-order chi connectivity index (χ0) is 17.2. The van der Waals surface area contributed by atoms with Gasteiger partial charge in [0, 0.05) is 11.8 Å². The summed E-state index contributed by atoms with van der Waals surface area (Å²) in [5, 5.41) is 11.5. The molecule has 0 bridgehead atoms. The third-order valence-electron chi connectivity index (χ3n) is 3.65. The van der Waals surface area contributed by atoms with Crippen LogP contribution in [-0.2, 0) is 5.41 Å². The minimum absolute atomic E-state index is 0.111. The quantitative estimate of drug-likeness (QED) is 0.576. The SMILES string of the molecule is CC(C)(C)c1ccc(-c2n[nH]c(=S)n2/N=C\c2ccccn2)cc1. The van der Waals surface area contributed by atoms with E-state index in [1.165, 1.54) is 5.56 Å². The maximum absolute atomic E-state index is 5.28. The third-order valence-corrected chi connectivity index (χ3v) is 3.92. The molecule has 24 heavy (non-hydrogen) atoms. The Morgan fingerprint density at radius 3 is 2.50 bits per heavy atom. The van der Waals surface area contributed by atoms with Gasteiger partial charge in [0.25, 0.3) is 0 Å². The summed E-state index contributed by atoms with van der Waals surface area (Å²) in [5.74, 6) is 0.674. The standard InChI is InChI=1S/C18H19N5S/c1-18(2,3)14-9-7-13(8-10-14)16-21-22-17(24)23(16)20-12-15-6-4-5-11-19-15/h4-12H,1-3H3,(H,22,24)/b20-12-. The molecule has 2 heterocycles. The van der Waals surface area contributed by atoms with Crippen LogP contribution in [0.1, 0.15) is 32.0 Å². The molecule has 0 spiro atoms. The van der Waals surface area contributed by atoms with Gasteiger partial charge in [-0.3, -0.25) is 4.98 Å². The maximum atomic E-state index is 5.28. The number of rotatable bonds is 3. The first kappa shape index (κ1) is 16.3. The van der Waals surface area contributed by atoms with Crippen molar-refractivity contribution in [3.8, 4) is 11.4 Å². The van der Waals surface area contributed by atoms with E-state index in [0.29, 0.717) is 10.6 Å². The summed E-state index contributed by atoms with van der Waals surface area (Å²) in [5.41, 5.74) is 3.09. The minimum Gasteiger partial charge on any atom is -0.255 e. The first-order valence-corrected chi connectivity index (χ1v) is 8.10. The zero-order valence-electron chi connectivity index (χ0n) is 13.9. The second-order valence-corrected chi connectivity index (χ2v) is 6.88. The molecule has 5 nitrogen and oxygen atoms in total. The number of hydrogen-bond donors (Lipinski definition) is 1. The second kappa shape index (κ2) is 6.49. The van der Waals surface area contributed by atoms with E-state index in [9.17, 15) is 0 Å². The number of pyridine rings is 1. The smallest absolute Gasteiger partial charge is 0.216 e. The summed E-state index contributed by atoms with van der Waals surface area (Å²) < 4.78 is 2.05. The normalized spacial score (nSPS) is 12.0. The van der Waals surface area contributed by atoms with Gasteiger partial charge in [-0.05, 0) is 35.3 Å². The molecule has 0 fully saturated rings. The largest absolute Gasteiger partial charge is 0.255 e. The van der Waals surface area contributed by atoms with Crippen LogP contribution >= 0.6 is 12.2 Å². The van der Waals surface area contributed by atoms with Gasteiger partial charge in [-0.2, -0.15) is 14.9 Å². The molecule has 0 radical (unpaired) electrons. The predicted molar refractivity (Wildman–Crippen MR) is 98.8 cm³/mol.